The zero-order chi connectivity index (χ0) is 9.97. The molecule has 0 aliphatic heterocycles. The summed E-state index contributed by atoms with van der Waals surface area (Å²) in [6.45, 7) is 0.445. The Morgan fingerprint density at radius 1 is 1.50 bits per heavy atom. The van der Waals surface area contributed by atoms with Gasteiger partial charge in [0.25, 0.3) is 0 Å². The first-order valence-electron chi connectivity index (χ1n) is 3.99. The molecule has 0 radical (unpaired) electrons. The van der Waals surface area contributed by atoms with Crippen LogP contribution in [0.15, 0.2) is 11.4 Å². The average molecular weight is 227 g/mol. The van der Waals surface area contributed by atoms with Crippen molar-refractivity contribution in [3.05, 3.63) is 16.5 Å². The molecular weight excluding hydrogens is 218 g/mol. The smallest absolute Gasteiger partial charge is 0.157 e. The van der Waals surface area contributed by atoms with Crippen LogP contribution in [0.3, 0.4) is 0 Å². The van der Waals surface area contributed by atoms with Gasteiger partial charge < -0.3 is 10.5 Å². The highest BCUT2D eigenvalue weighted by molar-refractivity contribution is 7.20. The molecule has 0 amide bonds. The lowest BCUT2D eigenvalue weighted by Gasteiger charge is -1.89. The molecule has 0 saturated heterocycles. The van der Waals surface area contributed by atoms with E-state index < -0.39 is 0 Å². The minimum atomic E-state index is 0.445. The van der Waals surface area contributed by atoms with Crippen LogP contribution in [0.5, 0.6) is 5.75 Å². The fourth-order valence-electron chi connectivity index (χ4n) is 0.974. The number of nitrogens with two attached hydrogens (primary N) is 1. The van der Waals surface area contributed by atoms with Crippen LogP contribution in [0.1, 0.15) is 5.01 Å². The highest BCUT2D eigenvalue weighted by atomic mass is 32.1. The van der Waals surface area contributed by atoms with Crippen LogP contribution in [0.4, 0.5) is 0 Å². The van der Waals surface area contributed by atoms with Crippen molar-refractivity contribution in [3.8, 4) is 15.6 Å². The predicted octanol–water partition coefficient (Wildman–Crippen LogP) is 1.73. The van der Waals surface area contributed by atoms with Crippen LogP contribution in [0.2, 0.25) is 0 Å². The van der Waals surface area contributed by atoms with E-state index in [0.717, 1.165) is 20.6 Å². The first-order chi connectivity index (χ1) is 6.83. The van der Waals surface area contributed by atoms with E-state index in [-0.39, 0.29) is 0 Å². The number of rotatable bonds is 3. The third-order valence-corrected chi connectivity index (χ3v) is 3.69. The van der Waals surface area contributed by atoms with Gasteiger partial charge >= 0.3 is 0 Å². The lowest BCUT2D eigenvalue weighted by atomic mass is 10.5. The topological polar surface area (TPSA) is 61.0 Å². The standard InChI is InChI=1S/C8H9N3OS2/c1-12-5-2-6(13-4-5)8-11-10-7(3-9)14-8/h2,4H,3,9H2,1H3. The van der Waals surface area contributed by atoms with Crippen LogP contribution in [0, 0.1) is 0 Å². The molecule has 0 aliphatic rings. The Hall–Kier alpha value is -0.980. The van der Waals surface area contributed by atoms with E-state index in [1.54, 1.807) is 18.4 Å². The Bertz CT molecular complexity index is 383. The summed E-state index contributed by atoms with van der Waals surface area (Å²) < 4.78 is 5.09. The lowest BCUT2D eigenvalue weighted by molar-refractivity contribution is 0.417. The summed E-state index contributed by atoms with van der Waals surface area (Å²) in [6.07, 6.45) is 0. The van der Waals surface area contributed by atoms with Crippen molar-refractivity contribution in [2.75, 3.05) is 7.11 Å². The van der Waals surface area contributed by atoms with Gasteiger partial charge in [-0.1, -0.05) is 11.3 Å². The fourth-order valence-corrected chi connectivity index (χ4v) is 2.61. The zero-order valence-corrected chi connectivity index (χ0v) is 9.19. The first kappa shape index (κ1) is 9.57. The number of nitrogens with zero attached hydrogens (tertiary/aromatic N) is 2. The van der Waals surface area contributed by atoms with Gasteiger partial charge in [-0.3, -0.25) is 0 Å². The molecule has 4 nitrogen and oxygen atoms in total. The largest absolute Gasteiger partial charge is 0.496 e. The van der Waals surface area contributed by atoms with E-state index in [1.165, 1.54) is 11.3 Å². The van der Waals surface area contributed by atoms with E-state index >= 15 is 0 Å². The molecule has 2 heterocycles. The van der Waals surface area contributed by atoms with Gasteiger partial charge in [-0.15, -0.1) is 21.5 Å². The Morgan fingerprint density at radius 2 is 2.36 bits per heavy atom. The second-order valence-corrected chi connectivity index (χ2v) is 4.53. The SMILES string of the molecule is COc1csc(-c2nnc(CN)s2)c1. The summed E-state index contributed by atoms with van der Waals surface area (Å²) in [6, 6.07) is 1.95. The van der Waals surface area contributed by atoms with E-state index in [9.17, 15) is 0 Å². The zero-order valence-electron chi connectivity index (χ0n) is 7.56. The lowest BCUT2D eigenvalue weighted by Crippen LogP contribution is -1.94. The molecule has 2 rings (SSSR count). The normalized spacial score (nSPS) is 10.4. The highest BCUT2D eigenvalue weighted by Gasteiger charge is 2.08. The third-order valence-electron chi connectivity index (χ3n) is 1.66. The van der Waals surface area contributed by atoms with Crippen molar-refractivity contribution in [3.63, 3.8) is 0 Å². The van der Waals surface area contributed by atoms with Gasteiger partial charge in [-0.2, -0.15) is 0 Å². The van der Waals surface area contributed by atoms with Crippen LogP contribution in [-0.4, -0.2) is 17.3 Å². The van der Waals surface area contributed by atoms with Crippen molar-refractivity contribution in [1.82, 2.24) is 10.2 Å². The highest BCUT2D eigenvalue weighted by Crippen LogP contribution is 2.32. The maximum absolute atomic E-state index is 5.46. The predicted molar refractivity (Wildman–Crippen MR) is 57.7 cm³/mol. The second kappa shape index (κ2) is 4.04. The molecule has 0 unspecified atom stereocenters. The van der Waals surface area contributed by atoms with Crippen molar-refractivity contribution < 1.29 is 4.74 Å². The van der Waals surface area contributed by atoms with Crippen molar-refractivity contribution in [1.29, 1.82) is 0 Å². The summed E-state index contributed by atoms with van der Waals surface area (Å²) in [4.78, 5) is 1.07. The number of aromatic nitrogens is 2. The maximum atomic E-state index is 5.46. The van der Waals surface area contributed by atoms with Gasteiger partial charge in [0.15, 0.2) is 5.01 Å². The molecule has 2 aromatic rings. The molecule has 0 aromatic carbocycles. The van der Waals surface area contributed by atoms with Crippen molar-refractivity contribution >= 4 is 22.7 Å². The molecule has 0 atom stereocenters. The minimum absolute atomic E-state index is 0.445. The van der Waals surface area contributed by atoms with Gasteiger partial charge in [-0.25, -0.2) is 0 Å². The summed E-state index contributed by atoms with van der Waals surface area (Å²) in [5, 5.41) is 11.7. The molecule has 14 heavy (non-hydrogen) atoms. The van der Waals surface area contributed by atoms with Crippen LogP contribution in [0.25, 0.3) is 9.88 Å². The third kappa shape index (κ3) is 1.77. The minimum Gasteiger partial charge on any atom is -0.496 e. The second-order valence-electron chi connectivity index (χ2n) is 2.56. The maximum Gasteiger partial charge on any atom is 0.157 e. The van der Waals surface area contributed by atoms with Gasteiger partial charge in [0.05, 0.1) is 12.0 Å². The van der Waals surface area contributed by atoms with E-state index in [0.29, 0.717) is 6.54 Å². The quantitative estimate of drug-likeness (QED) is 0.867. The summed E-state index contributed by atoms with van der Waals surface area (Å²) in [7, 11) is 1.65. The Morgan fingerprint density at radius 3 is 2.93 bits per heavy atom. The summed E-state index contributed by atoms with van der Waals surface area (Å²) in [5.41, 5.74) is 5.46. The van der Waals surface area contributed by atoms with Gasteiger partial charge in [-0.05, 0) is 0 Å². The number of hydrogen-bond donors (Lipinski definition) is 1. The van der Waals surface area contributed by atoms with Gasteiger partial charge in [0.2, 0.25) is 0 Å². The molecule has 0 spiro atoms. The fraction of sp³-hybridized carbons (Fsp3) is 0.250. The van der Waals surface area contributed by atoms with E-state index in [1.807, 2.05) is 11.4 Å². The Kier molecular flexibility index (Phi) is 2.76. The van der Waals surface area contributed by atoms with Crippen LogP contribution >= 0.6 is 22.7 Å². The molecule has 2 N–H and O–H groups in total. The molecule has 0 aliphatic carbocycles. The number of methoxy groups -OCH3 is 1. The summed E-state index contributed by atoms with van der Waals surface area (Å²) >= 11 is 3.11. The van der Waals surface area contributed by atoms with Crippen LogP contribution < -0.4 is 10.5 Å². The van der Waals surface area contributed by atoms with Gasteiger partial charge in [0, 0.05) is 18.0 Å². The van der Waals surface area contributed by atoms with Crippen LogP contribution in [-0.2, 0) is 6.54 Å². The Labute approximate surface area is 89.4 Å². The molecule has 6 heteroatoms. The van der Waals surface area contributed by atoms with E-state index in [4.69, 9.17) is 10.5 Å². The molecule has 0 fully saturated rings. The van der Waals surface area contributed by atoms with Gasteiger partial charge in [0.1, 0.15) is 10.8 Å². The monoisotopic (exact) mass is 227 g/mol. The average Bonchev–Trinajstić information content (AvgIpc) is 2.86. The number of hydrogen-bond acceptors (Lipinski definition) is 6. The molecule has 2 aromatic heterocycles. The molecular formula is C8H9N3OS2. The number of thiophene rings is 1. The first-order valence-corrected chi connectivity index (χ1v) is 5.68. The molecule has 0 saturated carbocycles. The number of ether oxygens (including phenoxy) is 1. The van der Waals surface area contributed by atoms with E-state index in [2.05, 4.69) is 10.2 Å². The van der Waals surface area contributed by atoms with Crippen molar-refractivity contribution in [2.45, 2.75) is 6.54 Å². The van der Waals surface area contributed by atoms with Crippen molar-refractivity contribution in [2.24, 2.45) is 5.73 Å². The molecule has 0 bridgehead atoms. The Balaban J connectivity index is 2.29. The summed E-state index contributed by atoms with van der Waals surface area (Å²) in [5.74, 6) is 0.856. The molecule has 74 valence electrons.